The van der Waals surface area contributed by atoms with Crippen molar-refractivity contribution in [2.24, 2.45) is 11.5 Å². The first-order valence-corrected chi connectivity index (χ1v) is 10.8. The fourth-order valence-electron chi connectivity index (χ4n) is 3.68. The number of unbranched alkanes of at least 4 members (excludes halogenated alkanes) is 1. The van der Waals surface area contributed by atoms with Gasteiger partial charge in [-0.05, 0) is 45.6 Å². The number of aromatic amines is 1. The van der Waals surface area contributed by atoms with Gasteiger partial charge in [-0.3, -0.25) is 14.4 Å². The molecule has 12 nitrogen and oxygen atoms in total. The Labute approximate surface area is 186 Å². The number of amides is 3. The van der Waals surface area contributed by atoms with E-state index < -0.39 is 42.0 Å². The Bertz CT molecular complexity index is 783. The van der Waals surface area contributed by atoms with Gasteiger partial charge in [0.25, 0.3) is 0 Å². The van der Waals surface area contributed by atoms with Crippen LogP contribution in [0, 0.1) is 0 Å². The van der Waals surface area contributed by atoms with E-state index in [-0.39, 0.29) is 12.3 Å². The molecule has 2 heterocycles. The van der Waals surface area contributed by atoms with Crippen LogP contribution in [0.15, 0.2) is 12.5 Å². The minimum atomic E-state index is -1.20. The quantitative estimate of drug-likeness (QED) is 0.206. The van der Waals surface area contributed by atoms with E-state index in [2.05, 4.69) is 20.6 Å². The molecule has 3 amide bonds. The number of nitrogens with zero attached hydrogens (tertiary/aromatic N) is 2. The number of carbonyl (C=O) groups excluding carboxylic acids is 3. The van der Waals surface area contributed by atoms with Gasteiger partial charge in [0, 0.05) is 24.9 Å². The van der Waals surface area contributed by atoms with Gasteiger partial charge in [0.05, 0.1) is 12.4 Å². The Hall–Kier alpha value is -2.99. The number of nitrogens with two attached hydrogens (primary N) is 2. The number of hydrogen-bond donors (Lipinski definition) is 6. The van der Waals surface area contributed by atoms with Gasteiger partial charge in [-0.25, -0.2) is 9.78 Å². The standard InChI is InChI=1S/C20H33N7O5/c1-12(22)19(30)27-8-4-6-16(27)18(29)25-14(5-2-3-7-21)17(28)26-15(20(31)32)9-13-10-23-11-24-13/h10-12,14-16H,2-9,21-22H2,1H3,(H,23,24)(H,25,29)(H,26,28)(H,31,32). The summed E-state index contributed by atoms with van der Waals surface area (Å²) in [5.41, 5.74) is 11.8. The summed E-state index contributed by atoms with van der Waals surface area (Å²) >= 11 is 0. The van der Waals surface area contributed by atoms with Crippen LogP contribution in [0.2, 0.25) is 0 Å². The number of H-pyrrole nitrogens is 1. The molecule has 1 aliphatic rings. The molecule has 4 unspecified atom stereocenters. The van der Waals surface area contributed by atoms with Gasteiger partial charge < -0.3 is 37.1 Å². The average Bonchev–Trinajstić information content (AvgIpc) is 3.43. The van der Waals surface area contributed by atoms with Crippen molar-refractivity contribution in [3.05, 3.63) is 18.2 Å². The van der Waals surface area contributed by atoms with Crippen molar-refractivity contribution in [3.8, 4) is 0 Å². The summed E-state index contributed by atoms with van der Waals surface area (Å²) in [5.74, 6) is -2.59. The van der Waals surface area contributed by atoms with Crippen molar-refractivity contribution in [1.29, 1.82) is 0 Å². The molecular weight excluding hydrogens is 418 g/mol. The van der Waals surface area contributed by atoms with Gasteiger partial charge >= 0.3 is 5.97 Å². The number of imidazole rings is 1. The van der Waals surface area contributed by atoms with Gasteiger partial charge in [0.15, 0.2) is 0 Å². The van der Waals surface area contributed by atoms with Crippen molar-refractivity contribution in [3.63, 3.8) is 0 Å². The molecule has 32 heavy (non-hydrogen) atoms. The molecule has 1 aromatic heterocycles. The zero-order valence-corrected chi connectivity index (χ0v) is 18.3. The summed E-state index contributed by atoms with van der Waals surface area (Å²) in [6.45, 7) is 2.41. The second-order valence-corrected chi connectivity index (χ2v) is 8.00. The Morgan fingerprint density at radius 1 is 1.28 bits per heavy atom. The highest BCUT2D eigenvalue weighted by Gasteiger charge is 2.37. The second kappa shape index (κ2) is 12.2. The fourth-order valence-corrected chi connectivity index (χ4v) is 3.68. The lowest BCUT2D eigenvalue weighted by Gasteiger charge is -2.28. The predicted octanol–water partition coefficient (Wildman–Crippen LogP) is -1.53. The summed E-state index contributed by atoms with van der Waals surface area (Å²) < 4.78 is 0. The summed E-state index contributed by atoms with van der Waals surface area (Å²) in [4.78, 5) is 57.9. The SMILES string of the molecule is CC(N)C(=O)N1CCCC1C(=O)NC(CCCCN)C(=O)NC(Cc1cnc[nH]1)C(=O)O. The van der Waals surface area contributed by atoms with Crippen molar-refractivity contribution in [2.75, 3.05) is 13.1 Å². The van der Waals surface area contributed by atoms with Crippen LogP contribution in [0.5, 0.6) is 0 Å². The molecule has 0 spiro atoms. The van der Waals surface area contributed by atoms with E-state index in [9.17, 15) is 24.3 Å². The smallest absolute Gasteiger partial charge is 0.326 e. The number of carboxylic acids is 1. The molecule has 0 aromatic carbocycles. The highest BCUT2D eigenvalue weighted by Crippen LogP contribution is 2.19. The summed E-state index contributed by atoms with van der Waals surface area (Å²) in [5, 5.41) is 14.7. The largest absolute Gasteiger partial charge is 0.480 e. The van der Waals surface area contributed by atoms with Crippen LogP contribution in [0.3, 0.4) is 0 Å². The lowest BCUT2D eigenvalue weighted by atomic mass is 10.1. The second-order valence-electron chi connectivity index (χ2n) is 8.00. The highest BCUT2D eigenvalue weighted by molar-refractivity contribution is 5.94. The maximum absolute atomic E-state index is 12.9. The fraction of sp³-hybridized carbons (Fsp3) is 0.650. The van der Waals surface area contributed by atoms with Crippen molar-refractivity contribution in [1.82, 2.24) is 25.5 Å². The Morgan fingerprint density at radius 2 is 2.03 bits per heavy atom. The minimum absolute atomic E-state index is 0.0177. The number of aromatic nitrogens is 2. The van der Waals surface area contributed by atoms with E-state index in [4.69, 9.17) is 11.5 Å². The average molecular weight is 452 g/mol. The first-order valence-electron chi connectivity index (χ1n) is 10.8. The summed E-state index contributed by atoms with van der Waals surface area (Å²) in [6, 6.07) is -3.59. The van der Waals surface area contributed by atoms with Gasteiger partial charge in [0.1, 0.15) is 18.1 Å². The minimum Gasteiger partial charge on any atom is -0.480 e. The monoisotopic (exact) mass is 451 g/mol. The number of carbonyl (C=O) groups is 4. The molecule has 178 valence electrons. The molecule has 2 rings (SSSR count). The van der Waals surface area contributed by atoms with Crippen LogP contribution in [0.4, 0.5) is 0 Å². The maximum Gasteiger partial charge on any atom is 0.326 e. The third-order valence-corrected chi connectivity index (χ3v) is 5.40. The number of rotatable bonds is 12. The van der Waals surface area contributed by atoms with E-state index >= 15 is 0 Å². The molecule has 0 saturated carbocycles. The molecule has 0 aliphatic carbocycles. The molecule has 8 N–H and O–H groups in total. The third-order valence-electron chi connectivity index (χ3n) is 5.40. The normalized spacial score (nSPS) is 18.6. The molecule has 1 aliphatic heterocycles. The zero-order chi connectivity index (χ0) is 23.7. The molecule has 0 radical (unpaired) electrons. The molecule has 4 atom stereocenters. The molecule has 12 heteroatoms. The molecule has 1 fully saturated rings. The van der Waals surface area contributed by atoms with Crippen molar-refractivity contribution < 1.29 is 24.3 Å². The first-order chi connectivity index (χ1) is 15.2. The van der Waals surface area contributed by atoms with Gasteiger partial charge in [0.2, 0.25) is 17.7 Å². The number of likely N-dealkylation sites (tertiary alicyclic amines) is 1. The number of carboxylic acid groups (broad SMARTS) is 1. The molecule has 1 saturated heterocycles. The van der Waals surface area contributed by atoms with E-state index in [0.717, 1.165) is 0 Å². The van der Waals surface area contributed by atoms with Crippen LogP contribution in [0.1, 0.15) is 44.7 Å². The molecule has 0 bridgehead atoms. The summed E-state index contributed by atoms with van der Waals surface area (Å²) in [6.07, 6.45) is 5.55. The Morgan fingerprint density at radius 3 is 2.62 bits per heavy atom. The Balaban J connectivity index is 2.08. The van der Waals surface area contributed by atoms with E-state index in [1.165, 1.54) is 17.4 Å². The topological polar surface area (TPSA) is 197 Å². The summed E-state index contributed by atoms with van der Waals surface area (Å²) in [7, 11) is 0. The molecule has 1 aromatic rings. The lowest BCUT2D eigenvalue weighted by Crippen LogP contribution is -2.56. The van der Waals surface area contributed by atoms with Gasteiger partial charge in [-0.1, -0.05) is 0 Å². The van der Waals surface area contributed by atoms with E-state index in [0.29, 0.717) is 50.9 Å². The van der Waals surface area contributed by atoms with Crippen molar-refractivity contribution in [2.45, 2.75) is 69.6 Å². The highest BCUT2D eigenvalue weighted by atomic mass is 16.4. The number of nitrogens with one attached hydrogen (secondary N) is 3. The van der Waals surface area contributed by atoms with E-state index in [1.807, 2.05) is 0 Å². The molecular formula is C20H33N7O5. The van der Waals surface area contributed by atoms with Crippen LogP contribution >= 0.6 is 0 Å². The first kappa shape index (κ1) is 25.3. The number of aliphatic carboxylic acids is 1. The predicted molar refractivity (Wildman–Crippen MR) is 115 cm³/mol. The van der Waals surface area contributed by atoms with Crippen LogP contribution < -0.4 is 22.1 Å². The van der Waals surface area contributed by atoms with Crippen LogP contribution in [-0.2, 0) is 25.6 Å². The van der Waals surface area contributed by atoms with Gasteiger partial charge in [-0.2, -0.15) is 0 Å². The van der Waals surface area contributed by atoms with Crippen LogP contribution in [0.25, 0.3) is 0 Å². The van der Waals surface area contributed by atoms with Gasteiger partial charge in [-0.15, -0.1) is 0 Å². The number of hydrogen-bond acceptors (Lipinski definition) is 7. The Kier molecular flexibility index (Phi) is 9.60. The maximum atomic E-state index is 12.9. The van der Waals surface area contributed by atoms with E-state index in [1.54, 1.807) is 6.92 Å². The lowest BCUT2D eigenvalue weighted by molar-refractivity contribution is -0.143. The third kappa shape index (κ3) is 7.02. The van der Waals surface area contributed by atoms with Crippen molar-refractivity contribution >= 4 is 23.7 Å². The van der Waals surface area contributed by atoms with Crippen LogP contribution in [-0.4, -0.2) is 80.9 Å². The zero-order valence-electron chi connectivity index (χ0n) is 18.3.